The predicted octanol–water partition coefficient (Wildman–Crippen LogP) is 2.15. The molecule has 0 bridgehead atoms. The van der Waals surface area contributed by atoms with Crippen LogP contribution in [0.2, 0.25) is 0 Å². The molecule has 4 nitrogen and oxygen atoms in total. The molecule has 2 rings (SSSR count). The van der Waals surface area contributed by atoms with Gasteiger partial charge in [0.1, 0.15) is 5.69 Å². The largest absolute Gasteiger partial charge is 0.477 e. The van der Waals surface area contributed by atoms with E-state index in [2.05, 4.69) is 4.98 Å². The van der Waals surface area contributed by atoms with Crippen LogP contribution in [0.15, 0.2) is 16.9 Å². The van der Waals surface area contributed by atoms with Gasteiger partial charge in [0.25, 0.3) is 0 Å². The molecule has 1 aromatic heterocycles. The molecule has 0 fully saturated rings. The van der Waals surface area contributed by atoms with Crippen molar-refractivity contribution in [3.05, 3.63) is 44.7 Å². The second kappa shape index (κ2) is 3.73. The van der Waals surface area contributed by atoms with Gasteiger partial charge in [-0.05, 0) is 38.0 Å². The number of carbonyl (C=O) groups is 1. The predicted molar refractivity (Wildman–Crippen MR) is 65.7 cm³/mol. The molecular weight excluding hydrogens is 218 g/mol. The Kier molecular flexibility index (Phi) is 2.50. The maximum absolute atomic E-state index is 12.1. The van der Waals surface area contributed by atoms with Crippen LogP contribution in [0.4, 0.5) is 0 Å². The molecule has 0 spiro atoms. The maximum Gasteiger partial charge on any atom is 0.352 e. The molecule has 88 valence electrons. The van der Waals surface area contributed by atoms with E-state index in [4.69, 9.17) is 5.11 Å². The number of carboxylic acids is 1. The fraction of sp³-hybridized carbons (Fsp3) is 0.231. The van der Waals surface area contributed by atoms with Crippen molar-refractivity contribution < 1.29 is 9.90 Å². The first-order valence-electron chi connectivity index (χ1n) is 5.29. The highest BCUT2D eigenvalue weighted by atomic mass is 16.4. The Hall–Kier alpha value is -2.10. The summed E-state index contributed by atoms with van der Waals surface area (Å²) >= 11 is 0. The van der Waals surface area contributed by atoms with Crippen LogP contribution in [0, 0.1) is 20.8 Å². The third kappa shape index (κ3) is 1.71. The van der Waals surface area contributed by atoms with Gasteiger partial charge in [0.2, 0.25) is 0 Å². The summed E-state index contributed by atoms with van der Waals surface area (Å²) in [5.74, 6) is -1.11. The molecular formula is C13H13NO3. The van der Waals surface area contributed by atoms with Crippen molar-refractivity contribution >= 4 is 16.9 Å². The lowest BCUT2D eigenvalue weighted by molar-refractivity contribution is 0.0690. The third-order valence-corrected chi connectivity index (χ3v) is 2.90. The highest BCUT2D eigenvalue weighted by Gasteiger charge is 2.14. The Labute approximate surface area is 97.9 Å². The summed E-state index contributed by atoms with van der Waals surface area (Å²) in [7, 11) is 0. The van der Waals surface area contributed by atoms with Crippen LogP contribution in [-0.2, 0) is 0 Å². The lowest BCUT2D eigenvalue weighted by Crippen LogP contribution is -2.16. The zero-order valence-electron chi connectivity index (χ0n) is 9.92. The second-order valence-corrected chi connectivity index (χ2v) is 4.26. The van der Waals surface area contributed by atoms with Gasteiger partial charge in [-0.2, -0.15) is 0 Å². The number of carboxylic acid groups (broad SMARTS) is 1. The molecule has 0 atom stereocenters. The van der Waals surface area contributed by atoms with E-state index in [1.807, 2.05) is 19.9 Å². The van der Waals surface area contributed by atoms with Gasteiger partial charge in [0, 0.05) is 10.9 Å². The minimum absolute atomic E-state index is 0.0347. The fourth-order valence-electron chi connectivity index (χ4n) is 2.11. The Morgan fingerprint density at radius 1 is 1.24 bits per heavy atom. The lowest BCUT2D eigenvalue weighted by atomic mass is 10.0. The van der Waals surface area contributed by atoms with Gasteiger partial charge in [-0.3, -0.25) is 4.79 Å². The van der Waals surface area contributed by atoms with Crippen LogP contribution in [0.5, 0.6) is 0 Å². The summed E-state index contributed by atoms with van der Waals surface area (Å²) in [6, 6.07) is 3.70. The molecule has 0 aliphatic heterocycles. The molecule has 0 aliphatic carbocycles. The molecule has 0 aliphatic rings. The number of aromatic nitrogens is 1. The molecule has 17 heavy (non-hydrogen) atoms. The summed E-state index contributed by atoms with van der Waals surface area (Å²) in [5.41, 5.74) is 2.43. The average Bonchev–Trinajstić information content (AvgIpc) is 2.21. The monoisotopic (exact) mass is 231 g/mol. The Morgan fingerprint density at radius 3 is 2.47 bits per heavy atom. The van der Waals surface area contributed by atoms with Crippen LogP contribution in [0.3, 0.4) is 0 Å². The first kappa shape index (κ1) is 11.4. The number of benzene rings is 1. The van der Waals surface area contributed by atoms with Crippen LogP contribution in [0.25, 0.3) is 10.9 Å². The van der Waals surface area contributed by atoms with Crippen molar-refractivity contribution in [2.75, 3.05) is 0 Å². The zero-order chi connectivity index (χ0) is 12.7. The molecule has 0 amide bonds. The standard InChI is InChI=1S/C13H13NO3/c1-6-4-7(2)10-9(5-6)14-11(13(16)17)8(3)12(10)15/h4-5H,1-3H3,(H,14,15)(H,16,17). The minimum Gasteiger partial charge on any atom is -0.477 e. The van der Waals surface area contributed by atoms with E-state index in [0.717, 1.165) is 11.1 Å². The van der Waals surface area contributed by atoms with Crippen LogP contribution in [-0.4, -0.2) is 16.1 Å². The third-order valence-electron chi connectivity index (χ3n) is 2.90. The molecule has 0 saturated carbocycles. The molecule has 2 N–H and O–H groups in total. The first-order chi connectivity index (χ1) is 7.91. The molecule has 2 aromatic rings. The first-order valence-corrected chi connectivity index (χ1v) is 5.29. The average molecular weight is 231 g/mol. The van der Waals surface area contributed by atoms with Gasteiger partial charge < -0.3 is 10.1 Å². The van der Waals surface area contributed by atoms with E-state index in [-0.39, 0.29) is 16.7 Å². The number of pyridine rings is 1. The summed E-state index contributed by atoms with van der Waals surface area (Å²) < 4.78 is 0. The molecule has 1 aromatic carbocycles. The Bertz CT molecular complexity index is 683. The molecule has 0 saturated heterocycles. The van der Waals surface area contributed by atoms with Crippen molar-refractivity contribution in [3.63, 3.8) is 0 Å². The molecule has 0 radical (unpaired) electrons. The number of hydrogen-bond acceptors (Lipinski definition) is 2. The van der Waals surface area contributed by atoms with E-state index in [0.29, 0.717) is 10.9 Å². The quantitative estimate of drug-likeness (QED) is 0.790. The summed E-state index contributed by atoms with van der Waals surface area (Å²) in [5, 5.41) is 9.59. The second-order valence-electron chi connectivity index (χ2n) is 4.26. The Morgan fingerprint density at radius 2 is 1.88 bits per heavy atom. The van der Waals surface area contributed by atoms with E-state index in [1.54, 1.807) is 6.07 Å². The van der Waals surface area contributed by atoms with Crippen LogP contribution < -0.4 is 5.43 Å². The highest BCUT2D eigenvalue weighted by Crippen LogP contribution is 2.17. The van der Waals surface area contributed by atoms with Gasteiger partial charge in [-0.1, -0.05) is 6.07 Å². The van der Waals surface area contributed by atoms with Gasteiger partial charge in [-0.15, -0.1) is 0 Å². The number of aromatic amines is 1. The van der Waals surface area contributed by atoms with E-state index >= 15 is 0 Å². The molecule has 4 heteroatoms. The summed E-state index contributed by atoms with van der Waals surface area (Å²) in [6.45, 7) is 5.29. The van der Waals surface area contributed by atoms with Gasteiger partial charge in [0.05, 0.1) is 5.52 Å². The van der Waals surface area contributed by atoms with Gasteiger partial charge in [0.15, 0.2) is 5.43 Å². The number of H-pyrrole nitrogens is 1. The molecule has 1 heterocycles. The number of rotatable bonds is 1. The highest BCUT2D eigenvalue weighted by molar-refractivity contribution is 5.92. The Balaban J connectivity index is 3.01. The van der Waals surface area contributed by atoms with Crippen molar-refractivity contribution in [3.8, 4) is 0 Å². The zero-order valence-corrected chi connectivity index (χ0v) is 9.92. The van der Waals surface area contributed by atoms with Crippen molar-refractivity contribution in [2.45, 2.75) is 20.8 Å². The smallest absolute Gasteiger partial charge is 0.352 e. The van der Waals surface area contributed by atoms with E-state index in [9.17, 15) is 9.59 Å². The van der Waals surface area contributed by atoms with Gasteiger partial charge in [-0.25, -0.2) is 4.79 Å². The van der Waals surface area contributed by atoms with Gasteiger partial charge >= 0.3 is 5.97 Å². The van der Waals surface area contributed by atoms with Crippen LogP contribution in [0.1, 0.15) is 27.2 Å². The fourth-order valence-corrected chi connectivity index (χ4v) is 2.11. The van der Waals surface area contributed by atoms with E-state index < -0.39 is 5.97 Å². The molecule has 0 unspecified atom stereocenters. The minimum atomic E-state index is -1.11. The number of aromatic carboxylic acids is 1. The normalized spacial score (nSPS) is 10.8. The number of fused-ring (bicyclic) bond motifs is 1. The lowest BCUT2D eigenvalue weighted by Gasteiger charge is -2.07. The maximum atomic E-state index is 12.1. The van der Waals surface area contributed by atoms with Crippen molar-refractivity contribution in [2.24, 2.45) is 0 Å². The number of aryl methyl sites for hydroxylation is 2. The summed E-state index contributed by atoms with van der Waals surface area (Å²) in [6.07, 6.45) is 0. The van der Waals surface area contributed by atoms with Crippen molar-refractivity contribution in [1.29, 1.82) is 0 Å². The topological polar surface area (TPSA) is 70.2 Å². The van der Waals surface area contributed by atoms with Crippen LogP contribution >= 0.6 is 0 Å². The number of nitrogens with one attached hydrogen (secondary N) is 1. The SMILES string of the molecule is Cc1cc(C)c2c(=O)c(C)c(C(=O)O)[nH]c2c1. The summed E-state index contributed by atoms with van der Waals surface area (Å²) in [4.78, 5) is 25.9. The van der Waals surface area contributed by atoms with Crippen molar-refractivity contribution in [1.82, 2.24) is 4.98 Å². The number of hydrogen-bond donors (Lipinski definition) is 2. The van der Waals surface area contributed by atoms with E-state index in [1.165, 1.54) is 6.92 Å².